The van der Waals surface area contributed by atoms with E-state index in [1.54, 1.807) is 23.1 Å². The zero-order chi connectivity index (χ0) is 19.8. The van der Waals surface area contributed by atoms with Crippen molar-refractivity contribution in [3.8, 4) is 5.69 Å². The van der Waals surface area contributed by atoms with Crippen molar-refractivity contribution < 1.29 is 8.81 Å². The summed E-state index contributed by atoms with van der Waals surface area (Å²) in [5, 5.41) is 11.0. The molecule has 0 amide bonds. The van der Waals surface area contributed by atoms with Gasteiger partial charge in [0.2, 0.25) is 0 Å². The number of furan rings is 1. The lowest BCUT2D eigenvalue weighted by Crippen LogP contribution is -2.39. The molecule has 0 aliphatic carbocycles. The highest BCUT2D eigenvalue weighted by molar-refractivity contribution is 5.80. The van der Waals surface area contributed by atoms with Crippen LogP contribution in [0, 0.1) is 5.82 Å². The van der Waals surface area contributed by atoms with Crippen LogP contribution in [-0.2, 0) is 13.0 Å². The summed E-state index contributed by atoms with van der Waals surface area (Å²) in [4.78, 5) is 4.59. The maximum atomic E-state index is 13.1. The minimum Gasteiger partial charge on any atom is -0.469 e. The van der Waals surface area contributed by atoms with Crippen LogP contribution in [0.2, 0.25) is 0 Å². The number of nitrogens with zero attached hydrogens (tertiary/aromatic N) is 3. The molecule has 0 aliphatic rings. The van der Waals surface area contributed by atoms with Crippen LogP contribution >= 0.6 is 0 Å². The average molecular weight is 381 g/mol. The van der Waals surface area contributed by atoms with Gasteiger partial charge in [-0.3, -0.25) is 0 Å². The molecular formula is C21H24FN5O. The van der Waals surface area contributed by atoms with Crippen molar-refractivity contribution in [2.45, 2.75) is 19.9 Å². The van der Waals surface area contributed by atoms with Crippen molar-refractivity contribution in [3.05, 3.63) is 84.3 Å². The van der Waals surface area contributed by atoms with Gasteiger partial charge < -0.3 is 15.1 Å². The van der Waals surface area contributed by atoms with Crippen LogP contribution in [0.3, 0.4) is 0 Å². The number of rotatable bonds is 8. The lowest BCUT2D eigenvalue weighted by molar-refractivity contribution is 0.507. The van der Waals surface area contributed by atoms with E-state index >= 15 is 0 Å². The Morgan fingerprint density at radius 1 is 1.21 bits per heavy atom. The Bertz CT molecular complexity index is 913. The summed E-state index contributed by atoms with van der Waals surface area (Å²) in [5.74, 6) is 1.34. The second-order valence-electron chi connectivity index (χ2n) is 6.46. The predicted octanol–water partition coefficient (Wildman–Crippen LogP) is 3.46. The third kappa shape index (κ3) is 5.84. The second-order valence-corrected chi connectivity index (χ2v) is 6.46. The maximum absolute atomic E-state index is 13.1. The van der Waals surface area contributed by atoms with Crippen molar-refractivity contribution in [2.75, 3.05) is 13.1 Å². The fourth-order valence-corrected chi connectivity index (χ4v) is 2.51. The zero-order valence-corrected chi connectivity index (χ0v) is 15.9. The molecule has 0 aliphatic heterocycles. The molecule has 6 nitrogen and oxygen atoms in total. The number of hydrogen-bond acceptors (Lipinski definition) is 3. The van der Waals surface area contributed by atoms with Crippen molar-refractivity contribution in [1.29, 1.82) is 0 Å². The highest BCUT2D eigenvalue weighted by Crippen LogP contribution is 2.09. The summed E-state index contributed by atoms with van der Waals surface area (Å²) in [6.07, 6.45) is 4.27. The standard InChI is InChI=1S/C21H24FN5O/c1-16(2)14-24-21(23-11-9-20-4-3-13-28-20)25-15-18-10-12-27(26-18)19-7-5-17(22)6-8-19/h3-8,10,12-13H,1,9,11,14-15H2,2H3,(H2,23,24,25). The van der Waals surface area contributed by atoms with E-state index in [1.165, 1.54) is 12.1 Å². The van der Waals surface area contributed by atoms with Gasteiger partial charge in [-0.1, -0.05) is 12.2 Å². The van der Waals surface area contributed by atoms with Gasteiger partial charge in [0.25, 0.3) is 0 Å². The molecule has 0 saturated carbocycles. The van der Waals surface area contributed by atoms with E-state index in [0.29, 0.717) is 25.6 Å². The van der Waals surface area contributed by atoms with Gasteiger partial charge in [-0.25, -0.2) is 14.1 Å². The molecule has 2 heterocycles. The first-order valence-corrected chi connectivity index (χ1v) is 9.09. The van der Waals surface area contributed by atoms with E-state index in [-0.39, 0.29) is 5.82 Å². The molecule has 28 heavy (non-hydrogen) atoms. The van der Waals surface area contributed by atoms with Crippen molar-refractivity contribution in [1.82, 2.24) is 20.4 Å². The molecule has 1 aromatic carbocycles. The molecule has 2 N–H and O–H groups in total. The molecule has 0 saturated heterocycles. The summed E-state index contributed by atoms with van der Waals surface area (Å²) >= 11 is 0. The van der Waals surface area contributed by atoms with Crippen LogP contribution in [-0.4, -0.2) is 28.8 Å². The molecule has 0 radical (unpaired) electrons. The van der Waals surface area contributed by atoms with E-state index in [4.69, 9.17) is 4.42 Å². The molecule has 0 spiro atoms. The first-order chi connectivity index (χ1) is 13.6. The smallest absolute Gasteiger partial charge is 0.191 e. The lowest BCUT2D eigenvalue weighted by atomic mass is 10.3. The highest BCUT2D eigenvalue weighted by atomic mass is 19.1. The lowest BCUT2D eigenvalue weighted by Gasteiger charge is -2.12. The fourth-order valence-electron chi connectivity index (χ4n) is 2.51. The van der Waals surface area contributed by atoms with E-state index in [9.17, 15) is 4.39 Å². The summed E-state index contributed by atoms with van der Waals surface area (Å²) in [7, 11) is 0. The van der Waals surface area contributed by atoms with E-state index in [1.807, 2.05) is 31.3 Å². The van der Waals surface area contributed by atoms with Crippen LogP contribution in [0.15, 0.2) is 76.5 Å². The summed E-state index contributed by atoms with van der Waals surface area (Å²) < 4.78 is 20.1. The fraction of sp³-hybridized carbons (Fsp3) is 0.238. The van der Waals surface area contributed by atoms with Crippen molar-refractivity contribution >= 4 is 5.96 Å². The summed E-state index contributed by atoms with van der Waals surface area (Å²) in [6.45, 7) is 7.61. The molecule has 0 atom stereocenters. The Balaban J connectivity index is 1.60. The summed E-state index contributed by atoms with van der Waals surface area (Å²) in [6, 6.07) is 11.9. The van der Waals surface area contributed by atoms with Gasteiger partial charge in [0.15, 0.2) is 5.96 Å². The Labute approximate surface area is 163 Å². The molecule has 146 valence electrons. The van der Waals surface area contributed by atoms with E-state index < -0.39 is 0 Å². The molecule has 2 aromatic heterocycles. The number of aromatic nitrogens is 2. The van der Waals surface area contributed by atoms with Gasteiger partial charge >= 0.3 is 0 Å². The van der Waals surface area contributed by atoms with E-state index in [0.717, 1.165) is 29.1 Å². The number of hydrogen-bond donors (Lipinski definition) is 2. The molecule has 0 fully saturated rings. The quantitative estimate of drug-likeness (QED) is 0.356. The third-order valence-corrected chi connectivity index (χ3v) is 3.94. The minimum absolute atomic E-state index is 0.269. The van der Waals surface area contributed by atoms with Crippen LogP contribution < -0.4 is 10.6 Å². The molecular weight excluding hydrogens is 357 g/mol. The molecule has 0 bridgehead atoms. The van der Waals surface area contributed by atoms with Crippen LogP contribution in [0.25, 0.3) is 5.69 Å². The predicted molar refractivity (Wildman–Crippen MR) is 108 cm³/mol. The number of guanidine groups is 1. The second kappa shape index (κ2) is 9.55. The Kier molecular flexibility index (Phi) is 6.62. The third-order valence-electron chi connectivity index (χ3n) is 3.94. The van der Waals surface area contributed by atoms with Gasteiger partial charge in [-0.15, -0.1) is 0 Å². The van der Waals surface area contributed by atoms with Crippen LogP contribution in [0.4, 0.5) is 4.39 Å². The van der Waals surface area contributed by atoms with E-state index in [2.05, 4.69) is 27.3 Å². The Morgan fingerprint density at radius 3 is 2.75 bits per heavy atom. The summed E-state index contributed by atoms with van der Waals surface area (Å²) in [5.41, 5.74) is 2.63. The largest absolute Gasteiger partial charge is 0.469 e. The molecule has 0 unspecified atom stereocenters. The minimum atomic E-state index is -0.269. The van der Waals surface area contributed by atoms with Gasteiger partial charge in [0.05, 0.1) is 24.2 Å². The number of aliphatic imine (C=N–C) groups is 1. The van der Waals surface area contributed by atoms with Gasteiger partial charge in [-0.05, 0) is 49.4 Å². The van der Waals surface area contributed by atoms with Gasteiger partial charge in [0.1, 0.15) is 11.6 Å². The number of halogens is 1. The normalized spacial score (nSPS) is 11.4. The SMILES string of the molecule is C=C(C)CNC(=NCc1ccn(-c2ccc(F)cc2)n1)NCCc1ccco1. The Hall–Kier alpha value is -3.35. The maximum Gasteiger partial charge on any atom is 0.191 e. The monoisotopic (exact) mass is 381 g/mol. The van der Waals surface area contributed by atoms with Crippen molar-refractivity contribution in [3.63, 3.8) is 0 Å². The first-order valence-electron chi connectivity index (χ1n) is 9.09. The molecule has 7 heteroatoms. The first kappa shape index (κ1) is 19.4. The van der Waals surface area contributed by atoms with Gasteiger partial charge in [-0.2, -0.15) is 5.10 Å². The van der Waals surface area contributed by atoms with Gasteiger partial charge in [0, 0.05) is 25.7 Å². The van der Waals surface area contributed by atoms with Crippen LogP contribution in [0.5, 0.6) is 0 Å². The zero-order valence-electron chi connectivity index (χ0n) is 15.9. The number of nitrogens with one attached hydrogen (secondary N) is 2. The molecule has 3 rings (SSSR count). The average Bonchev–Trinajstić information content (AvgIpc) is 3.36. The molecule has 3 aromatic rings. The Morgan fingerprint density at radius 2 is 2.04 bits per heavy atom. The van der Waals surface area contributed by atoms with Crippen LogP contribution in [0.1, 0.15) is 18.4 Å². The number of benzene rings is 1. The topological polar surface area (TPSA) is 67.4 Å². The highest BCUT2D eigenvalue weighted by Gasteiger charge is 2.04. The van der Waals surface area contributed by atoms with Crippen molar-refractivity contribution in [2.24, 2.45) is 4.99 Å².